The molecule has 3 aromatic rings. The Morgan fingerprint density at radius 3 is 2.24 bits per heavy atom. The van der Waals surface area contributed by atoms with Crippen molar-refractivity contribution in [1.82, 2.24) is 5.16 Å². The zero-order valence-electron chi connectivity index (χ0n) is 21.6. The fraction of sp³-hybridized carbons (Fsp3) is 0.300. The molecule has 1 unspecified atom stereocenters. The summed E-state index contributed by atoms with van der Waals surface area (Å²) in [6.45, 7) is 7.52. The fourth-order valence-electron chi connectivity index (χ4n) is 4.43. The van der Waals surface area contributed by atoms with Crippen molar-refractivity contribution in [3.05, 3.63) is 83.7 Å². The van der Waals surface area contributed by atoms with Crippen molar-refractivity contribution in [1.29, 1.82) is 0 Å². The standard InChI is InChI=1S/C30H32N2O5/c1-5-7-21(8-6-2)19(3)36-29(35)31-26-20(4)37-32-27(26)24-11-9-22(10-12-24)23-13-15-25(16-14-23)30(17-18-30)28(33)34/h5,7-16,19H,6,17-18H2,1-4H3,(H,31,35)(H,33,34)/b7-5-,21-8+. The highest BCUT2D eigenvalue weighted by atomic mass is 16.6. The molecule has 0 radical (unpaired) electrons. The largest absolute Gasteiger partial charge is 0.481 e. The van der Waals surface area contributed by atoms with Gasteiger partial charge in [0.25, 0.3) is 0 Å². The highest BCUT2D eigenvalue weighted by Crippen LogP contribution is 2.48. The number of hydrogen-bond donors (Lipinski definition) is 2. The Balaban J connectivity index is 1.48. The zero-order chi connectivity index (χ0) is 26.6. The number of rotatable bonds is 9. The van der Waals surface area contributed by atoms with Crippen LogP contribution in [-0.4, -0.2) is 28.4 Å². The molecule has 1 saturated carbocycles. The van der Waals surface area contributed by atoms with Crippen molar-refractivity contribution in [2.24, 2.45) is 0 Å². The predicted octanol–water partition coefficient (Wildman–Crippen LogP) is 7.28. The van der Waals surface area contributed by atoms with Gasteiger partial charge in [-0.05, 0) is 62.3 Å². The van der Waals surface area contributed by atoms with Gasteiger partial charge in [0.2, 0.25) is 0 Å². The molecule has 2 aromatic carbocycles. The highest BCUT2D eigenvalue weighted by Gasteiger charge is 2.51. The lowest BCUT2D eigenvalue weighted by Gasteiger charge is -2.15. The summed E-state index contributed by atoms with van der Waals surface area (Å²) < 4.78 is 11.0. The van der Waals surface area contributed by atoms with Crippen LogP contribution in [0.1, 0.15) is 51.4 Å². The molecule has 1 fully saturated rings. The van der Waals surface area contributed by atoms with E-state index in [2.05, 4.69) is 10.5 Å². The van der Waals surface area contributed by atoms with Crippen LogP contribution in [-0.2, 0) is 14.9 Å². The van der Waals surface area contributed by atoms with Crippen molar-refractivity contribution in [3.63, 3.8) is 0 Å². The van der Waals surface area contributed by atoms with Gasteiger partial charge in [-0.15, -0.1) is 0 Å². The summed E-state index contributed by atoms with van der Waals surface area (Å²) in [7, 11) is 0. The summed E-state index contributed by atoms with van der Waals surface area (Å²) in [5.74, 6) is -0.282. The average molecular weight is 501 g/mol. The number of nitrogens with zero attached hydrogens (tertiary/aromatic N) is 1. The van der Waals surface area contributed by atoms with Crippen LogP contribution in [0.4, 0.5) is 10.5 Å². The van der Waals surface area contributed by atoms with Gasteiger partial charge in [-0.3, -0.25) is 10.1 Å². The summed E-state index contributed by atoms with van der Waals surface area (Å²) in [6, 6.07) is 15.4. The molecule has 0 spiro atoms. The van der Waals surface area contributed by atoms with Gasteiger partial charge in [0, 0.05) is 5.56 Å². The third-order valence-corrected chi connectivity index (χ3v) is 6.73. The Kier molecular flexibility index (Phi) is 7.62. The molecule has 1 heterocycles. The van der Waals surface area contributed by atoms with E-state index < -0.39 is 23.6 Å². The van der Waals surface area contributed by atoms with Gasteiger partial charge in [0.05, 0.1) is 5.41 Å². The number of allylic oxidation sites excluding steroid dienone is 2. The number of nitrogens with one attached hydrogen (secondary N) is 1. The number of hydrogen-bond acceptors (Lipinski definition) is 5. The van der Waals surface area contributed by atoms with Gasteiger partial charge in [0.1, 0.15) is 17.5 Å². The van der Waals surface area contributed by atoms with Crippen LogP contribution in [0.2, 0.25) is 0 Å². The molecule has 192 valence electrons. The van der Waals surface area contributed by atoms with E-state index in [1.807, 2.05) is 87.5 Å². The first-order chi connectivity index (χ1) is 17.8. The maximum atomic E-state index is 12.7. The van der Waals surface area contributed by atoms with Gasteiger partial charge in [-0.1, -0.05) is 78.8 Å². The maximum absolute atomic E-state index is 12.7. The number of carboxylic acids is 1. The van der Waals surface area contributed by atoms with Crippen LogP contribution in [0.25, 0.3) is 22.4 Å². The minimum atomic E-state index is -0.758. The van der Waals surface area contributed by atoms with Gasteiger partial charge < -0.3 is 14.4 Å². The summed E-state index contributed by atoms with van der Waals surface area (Å²) in [4.78, 5) is 24.3. The monoisotopic (exact) mass is 500 g/mol. The van der Waals surface area contributed by atoms with E-state index >= 15 is 0 Å². The molecule has 0 bridgehead atoms. The molecule has 1 amide bonds. The second kappa shape index (κ2) is 10.9. The molecule has 1 aliphatic rings. The number of ether oxygens (including phenoxy) is 1. The van der Waals surface area contributed by atoms with Crippen LogP contribution in [0.5, 0.6) is 0 Å². The summed E-state index contributed by atoms with van der Waals surface area (Å²) >= 11 is 0. The van der Waals surface area contributed by atoms with Crippen molar-refractivity contribution >= 4 is 17.7 Å². The highest BCUT2D eigenvalue weighted by molar-refractivity contribution is 5.91. The molecule has 4 rings (SSSR count). The Hall–Kier alpha value is -4.13. The third kappa shape index (κ3) is 5.50. The number of aliphatic carboxylic acids is 1. The number of carbonyl (C=O) groups is 2. The van der Waals surface area contributed by atoms with Crippen molar-refractivity contribution in [3.8, 4) is 22.4 Å². The Morgan fingerprint density at radius 1 is 1.11 bits per heavy atom. The van der Waals surface area contributed by atoms with Gasteiger partial charge in [-0.2, -0.15) is 0 Å². The van der Waals surface area contributed by atoms with Gasteiger partial charge in [-0.25, -0.2) is 4.79 Å². The van der Waals surface area contributed by atoms with E-state index in [-0.39, 0.29) is 0 Å². The number of carbonyl (C=O) groups excluding carboxylic acids is 1. The van der Waals surface area contributed by atoms with Crippen LogP contribution in [0, 0.1) is 6.92 Å². The van der Waals surface area contributed by atoms with Gasteiger partial charge >= 0.3 is 12.1 Å². The van der Waals surface area contributed by atoms with Crippen molar-refractivity contribution in [2.45, 2.75) is 58.5 Å². The Bertz CT molecular complexity index is 1330. The number of amides is 1. The molecular weight excluding hydrogens is 468 g/mol. The fourth-order valence-corrected chi connectivity index (χ4v) is 4.43. The van der Waals surface area contributed by atoms with Crippen molar-refractivity contribution in [2.75, 3.05) is 5.32 Å². The average Bonchev–Trinajstić information content (AvgIpc) is 3.64. The van der Waals surface area contributed by atoms with Gasteiger partial charge in [0.15, 0.2) is 5.76 Å². The number of aryl methyl sites for hydroxylation is 1. The third-order valence-electron chi connectivity index (χ3n) is 6.73. The quantitative estimate of drug-likeness (QED) is 0.299. The number of anilines is 1. The minimum absolute atomic E-state index is 0.407. The molecule has 1 aromatic heterocycles. The molecule has 0 aliphatic heterocycles. The molecule has 2 N–H and O–H groups in total. The number of benzene rings is 2. The molecule has 7 nitrogen and oxygen atoms in total. The first-order valence-corrected chi connectivity index (χ1v) is 12.5. The van der Waals surface area contributed by atoms with Crippen LogP contribution >= 0.6 is 0 Å². The first kappa shape index (κ1) is 25.9. The van der Waals surface area contributed by atoms with Crippen LogP contribution in [0.15, 0.2) is 76.9 Å². The number of carboxylic acid groups (broad SMARTS) is 1. The van der Waals surface area contributed by atoms with E-state index in [9.17, 15) is 14.7 Å². The first-order valence-electron chi connectivity index (χ1n) is 12.5. The lowest BCUT2D eigenvalue weighted by molar-refractivity contribution is -0.140. The topological polar surface area (TPSA) is 102 Å². The van der Waals surface area contributed by atoms with Crippen LogP contribution < -0.4 is 5.32 Å². The molecule has 1 atom stereocenters. The second-order valence-electron chi connectivity index (χ2n) is 9.29. The summed E-state index contributed by atoms with van der Waals surface area (Å²) in [6.07, 6.45) is 7.09. The smallest absolute Gasteiger partial charge is 0.412 e. The number of aromatic nitrogens is 1. The van der Waals surface area contributed by atoms with E-state index in [0.29, 0.717) is 30.0 Å². The Labute approximate surface area is 216 Å². The normalized spacial score (nSPS) is 15.4. The maximum Gasteiger partial charge on any atom is 0.412 e. The van der Waals surface area contributed by atoms with E-state index in [0.717, 1.165) is 34.2 Å². The SMILES string of the molecule is C/C=C\C(=C/CC)C(C)OC(=O)Nc1c(-c2ccc(-c3ccc(C4(C(=O)O)CC4)cc3)cc2)noc1C. The van der Waals surface area contributed by atoms with E-state index in [1.165, 1.54) is 0 Å². The molecule has 0 saturated heterocycles. The molecule has 1 aliphatic carbocycles. The lowest BCUT2D eigenvalue weighted by Crippen LogP contribution is -2.21. The van der Waals surface area contributed by atoms with E-state index in [4.69, 9.17) is 9.26 Å². The van der Waals surface area contributed by atoms with Crippen LogP contribution in [0.3, 0.4) is 0 Å². The zero-order valence-corrected chi connectivity index (χ0v) is 21.6. The lowest BCUT2D eigenvalue weighted by atomic mass is 9.93. The molecular formula is C30H32N2O5. The van der Waals surface area contributed by atoms with E-state index in [1.54, 1.807) is 6.92 Å². The summed E-state index contributed by atoms with van der Waals surface area (Å²) in [5, 5.41) is 16.5. The minimum Gasteiger partial charge on any atom is -0.481 e. The Morgan fingerprint density at radius 2 is 1.70 bits per heavy atom. The molecule has 7 heteroatoms. The van der Waals surface area contributed by atoms with Crippen molar-refractivity contribution < 1.29 is 24.0 Å². The summed E-state index contributed by atoms with van der Waals surface area (Å²) in [5.41, 5.74) is 4.79. The predicted molar refractivity (Wildman–Crippen MR) is 143 cm³/mol. The molecule has 37 heavy (non-hydrogen) atoms. The second-order valence-corrected chi connectivity index (χ2v) is 9.29.